The Morgan fingerprint density at radius 1 is 1.12 bits per heavy atom. The highest BCUT2D eigenvalue weighted by Gasteiger charge is 2.35. The molecule has 3 N–H and O–H groups in total. The molecule has 0 atom stereocenters. The van der Waals surface area contributed by atoms with Gasteiger partial charge in [-0.1, -0.05) is 20.3 Å². The number of carboxylic acid groups (broad SMARTS) is 1. The molecule has 92 valence electrons. The van der Waals surface area contributed by atoms with Gasteiger partial charge in [-0.15, -0.1) is 0 Å². The van der Waals surface area contributed by atoms with Crippen LogP contribution in [-0.4, -0.2) is 22.8 Å². The number of amides is 2. The molecule has 0 spiro atoms. The molecule has 0 aromatic rings. The number of hydrogen-bond acceptors (Lipinski definition) is 2. The van der Waals surface area contributed by atoms with Crippen molar-refractivity contribution in [2.45, 2.75) is 51.6 Å². The number of rotatable bonds is 3. The summed E-state index contributed by atoms with van der Waals surface area (Å²) in [6, 6.07) is 0. The van der Waals surface area contributed by atoms with Gasteiger partial charge in [-0.2, -0.15) is 0 Å². The van der Waals surface area contributed by atoms with E-state index in [1.807, 2.05) is 0 Å². The minimum absolute atomic E-state index is 0.101. The van der Waals surface area contributed by atoms with E-state index < -0.39 is 11.8 Å². The zero-order valence-corrected chi connectivity index (χ0v) is 9.88. The molecular formula is C11H20N2O3. The highest BCUT2D eigenvalue weighted by molar-refractivity contribution is 5.79. The van der Waals surface area contributed by atoms with Gasteiger partial charge in [0, 0.05) is 5.92 Å². The molecule has 1 rings (SSSR count). The molecule has 0 saturated heterocycles. The second kappa shape index (κ2) is 5.18. The first-order valence-corrected chi connectivity index (χ1v) is 5.78. The van der Waals surface area contributed by atoms with E-state index in [4.69, 9.17) is 5.11 Å². The van der Waals surface area contributed by atoms with Crippen molar-refractivity contribution < 1.29 is 14.7 Å². The van der Waals surface area contributed by atoms with Gasteiger partial charge in [-0.05, 0) is 25.7 Å². The Balaban J connectivity index is 2.69. The highest BCUT2D eigenvalue weighted by atomic mass is 16.4. The molecular weight excluding hydrogens is 208 g/mol. The Hall–Kier alpha value is -1.26. The van der Waals surface area contributed by atoms with E-state index in [0.717, 1.165) is 19.3 Å². The summed E-state index contributed by atoms with van der Waals surface area (Å²) in [5.74, 6) is -0.231. The molecule has 5 heteroatoms. The molecule has 0 aliphatic heterocycles. The van der Waals surface area contributed by atoms with Crippen LogP contribution in [-0.2, 0) is 4.79 Å². The molecule has 0 heterocycles. The Morgan fingerprint density at radius 2 is 1.69 bits per heavy atom. The molecule has 16 heavy (non-hydrogen) atoms. The summed E-state index contributed by atoms with van der Waals surface area (Å²) in [5, 5.41) is 14.1. The molecule has 1 saturated carbocycles. The quantitative estimate of drug-likeness (QED) is 0.643. The molecule has 1 aliphatic rings. The summed E-state index contributed by atoms with van der Waals surface area (Å²) in [7, 11) is 0. The van der Waals surface area contributed by atoms with Gasteiger partial charge >= 0.3 is 6.09 Å². The van der Waals surface area contributed by atoms with Crippen LogP contribution in [0.4, 0.5) is 4.79 Å². The first-order chi connectivity index (χ1) is 7.45. The summed E-state index contributed by atoms with van der Waals surface area (Å²) in [5.41, 5.74) is -0.745. The third kappa shape index (κ3) is 3.40. The standard InChI is InChI=1S/C11H20N2O3/c1-8(2)9(14)12-11(13-10(15)16)6-4-3-5-7-11/h8,13H,3-7H2,1-2H3,(H,12,14)(H,15,16). The van der Waals surface area contributed by atoms with Crippen molar-refractivity contribution in [2.24, 2.45) is 5.92 Å². The summed E-state index contributed by atoms with van der Waals surface area (Å²) >= 11 is 0. The van der Waals surface area contributed by atoms with E-state index in [0.29, 0.717) is 12.8 Å². The fraction of sp³-hybridized carbons (Fsp3) is 0.818. The van der Waals surface area contributed by atoms with Crippen LogP contribution in [0.15, 0.2) is 0 Å². The molecule has 5 nitrogen and oxygen atoms in total. The van der Waals surface area contributed by atoms with Crippen molar-refractivity contribution in [1.29, 1.82) is 0 Å². The largest absolute Gasteiger partial charge is 0.465 e. The lowest BCUT2D eigenvalue weighted by Crippen LogP contribution is -2.61. The number of carbonyl (C=O) groups excluding carboxylic acids is 1. The van der Waals surface area contributed by atoms with Crippen LogP contribution in [0, 0.1) is 5.92 Å². The minimum Gasteiger partial charge on any atom is -0.465 e. The van der Waals surface area contributed by atoms with E-state index >= 15 is 0 Å². The lowest BCUT2D eigenvalue weighted by Gasteiger charge is -2.38. The lowest BCUT2D eigenvalue weighted by atomic mass is 9.88. The monoisotopic (exact) mass is 228 g/mol. The third-order valence-electron chi connectivity index (χ3n) is 2.94. The molecule has 0 unspecified atom stereocenters. The first kappa shape index (κ1) is 12.8. The smallest absolute Gasteiger partial charge is 0.406 e. The maximum Gasteiger partial charge on any atom is 0.406 e. The van der Waals surface area contributed by atoms with Crippen molar-refractivity contribution in [2.75, 3.05) is 0 Å². The van der Waals surface area contributed by atoms with Crippen molar-refractivity contribution in [1.82, 2.24) is 10.6 Å². The van der Waals surface area contributed by atoms with E-state index in [1.54, 1.807) is 13.8 Å². The Morgan fingerprint density at radius 3 is 2.12 bits per heavy atom. The van der Waals surface area contributed by atoms with Crippen LogP contribution in [0.5, 0.6) is 0 Å². The van der Waals surface area contributed by atoms with Gasteiger partial charge in [-0.3, -0.25) is 10.1 Å². The van der Waals surface area contributed by atoms with Crippen LogP contribution in [0.1, 0.15) is 46.0 Å². The van der Waals surface area contributed by atoms with E-state index in [1.165, 1.54) is 0 Å². The van der Waals surface area contributed by atoms with Crippen molar-refractivity contribution in [3.05, 3.63) is 0 Å². The molecule has 1 fully saturated rings. The average Bonchev–Trinajstić information content (AvgIpc) is 2.17. The van der Waals surface area contributed by atoms with Gasteiger partial charge in [0.15, 0.2) is 0 Å². The van der Waals surface area contributed by atoms with Crippen molar-refractivity contribution in [3.63, 3.8) is 0 Å². The van der Waals surface area contributed by atoms with Gasteiger partial charge < -0.3 is 10.4 Å². The van der Waals surface area contributed by atoms with Crippen LogP contribution >= 0.6 is 0 Å². The predicted octanol–water partition coefficient (Wildman–Crippen LogP) is 1.69. The van der Waals surface area contributed by atoms with Crippen LogP contribution in [0.3, 0.4) is 0 Å². The number of carbonyl (C=O) groups is 2. The maximum atomic E-state index is 11.7. The molecule has 1 aliphatic carbocycles. The Kier molecular flexibility index (Phi) is 4.15. The van der Waals surface area contributed by atoms with Gasteiger partial charge in [0.25, 0.3) is 0 Å². The summed E-state index contributed by atoms with van der Waals surface area (Å²) in [4.78, 5) is 22.4. The van der Waals surface area contributed by atoms with E-state index in [9.17, 15) is 9.59 Å². The SMILES string of the molecule is CC(C)C(=O)NC1(NC(=O)O)CCCCC1. The lowest BCUT2D eigenvalue weighted by molar-refractivity contribution is -0.126. The topological polar surface area (TPSA) is 78.4 Å². The van der Waals surface area contributed by atoms with Gasteiger partial charge in [0.2, 0.25) is 5.91 Å². The van der Waals surface area contributed by atoms with Crippen LogP contribution in [0.25, 0.3) is 0 Å². The second-order valence-corrected chi connectivity index (χ2v) is 4.72. The Bertz CT molecular complexity index is 270. The van der Waals surface area contributed by atoms with Crippen LogP contribution in [0.2, 0.25) is 0 Å². The molecule has 0 aromatic heterocycles. The normalized spacial score (nSPS) is 19.2. The molecule has 0 radical (unpaired) electrons. The van der Waals surface area contributed by atoms with Crippen molar-refractivity contribution >= 4 is 12.0 Å². The summed E-state index contributed by atoms with van der Waals surface area (Å²) in [6.45, 7) is 3.60. The molecule has 0 bridgehead atoms. The fourth-order valence-electron chi connectivity index (χ4n) is 2.02. The molecule has 2 amide bonds. The predicted molar refractivity (Wildman–Crippen MR) is 60.0 cm³/mol. The highest BCUT2D eigenvalue weighted by Crippen LogP contribution is 2.26. The van der Waals surface area contributed by atoms with Gasteiger partial charge in [-0.25, -0.2) is 4.79 Å². The fourth-order valence-corrected chi connectivity index (χ4v) is 2.02. The first-order valence-electron chi connectivity index (χ1n) is 5.78. The minimum atomic E-state index is -1.08. The second-order valence-electron chi connectivity index (χ2n) is 4.72. The number of hydrogen-bond donors (Lipinski definition) is 3. The van der Waals surface area contributed by atoms with Crippen molar-refractivity contribution in [3.8, 4) is 0 Å². The maximum absolute atomic E-state index is 11.7. The van der Waals surface area contributed by atoms with Gasteiger partial charge in [0.1, 0.15) is 5.66 Å². The van der Waals surface area contributed by atoms with E-state index in [2.05, 4.69) is 10.6 Å². The Labute approximate surface area is 95.6 Å². The summed E-state index contributed by atoms with van der Waals surface area (Å²) < 4.78 is 0. The van der Waals surface area contributed by atoms with E-state index in [-0.39, 0.29) is 11.8 Å². The van der Waals surface area contributed by atoms with Gasteiger partial charge in [0.05, 0.1) is 0 Å². The number of nitrogens with one attached hydrogen (secondary N) is 2. The van der Waals surface area contributed by atoms with Crippen LogP contribution < -0.4 is 10.6 Å². The zero-order chi connectivity index (χ0) is 12.2. The molecule has 0 aromatic carbocycles. The summed E-state index contributed by atoms with van der Waals surface area (Å²) in [6.07, 6.45) is 3.26. The zero-order valence-electron chi connectivity index (χ0n) is 9.88. The average molecular weight is 228 g/mol. The third-order valence-corrected chi connectivity index (χ3v) is 2.94.